The van der Waals surface area contributed by atoms with Crippen LogP contribution in [0.15, 0.2) is 97.1 Å². The van der Waals surface area contributed by atoms with Crippen molar-refractivity contribution in [3.8, 4) is 11.1 Å². The van der Waals surface area contributed by atoms with Crippen molar-refractivity contribution in [2.45, 2.75) is 71.1 Å². The van der Waals surface area contributed by atoms with Crippen LogP contribution in [0.1, 0.15) is 52.2 Å². The molecule has 0 aliphatic carbocycles. The Labute approximate surface area is 285 Å². The summed E-state index contributed by atoms with van der Waals surface area (Å²) in [5.41, 5.74) is 2.62. The maximum absolute atomic E-state index is 14.2. The number of benzene rings is 3. The minimum Gasteiger partial charge on any atom is -0.444 e. The number of rotatable bonds is 14. The summed E-state index contributed by atoms with van der Waals surface area (Å²) in [6.45, 7) is 9.12. The Bertz CT molecular complexity index is 1550. The van der Waals surface area contributed by atoms with Crippen LogP contribution < -0.4 is 16.0 Å². The number of hydrogen-bond acceptors (Lipinski definition) is 5. The third-order valence-electron chi connectivity index (χ3n) is 7.81. The molecule has 9 nitrogen and oxygen atoms in total. The van der Waals surface area contributed by atoms with Gasteiger partial charge in [0.25, 0.3) is 0 Å². The lowest BCUT2D eigenvalue weighted by molar-refractivity contribution is -0.141. The van der Waals surface area contributed by atoms with Gasteiger partial charge in [-0.15, -0.1) is 0 Å². The molecule has 0 heterocycles. The molecule has 3 N–H and O–H groups in total. The van der Waals surface area contributed by atoms with E-state index < -0.39 is 29.2 Å². The number of alkyl carbamates (subject to hydrolysis) is 1. The van der Waals surface area contributed by atoms with Crippen LogP contribution >= 0.6 is 0 Å². The molecule has 9 heteroatoms. The molecule has 0 bridgehead atoms. The van der Waals surface area contributed by atoms with Crippen LogP contribution in [0.25, 0.3) is 11.1 Å². The normalized spacial score (nSPS) is 12.9. The number of nitrogens with zero attached hydrogens (tertiary/aromatic N) is 1. The van der Waals surface area contributed by atoms with E-state index in [0.29, 0.717) is 19.3 Å². The first-order valence-corrected chi connectivity index (χ1v) is 16.3. The molecular formula is C39H50N4O5. The summed E-state index contributed by atoms with van der Waals surface area (Å²) in [6.07, 6.45) is 3.62. The van der Waals surface area contributed by atoms with Crippen molar-refractivity contribution >= 4 is 23.8 Å². The van der Waals surface area contributed by atoms with Crippen molar-refractivity contribution in [1.29, 1.82) is 0 Å². The molecule has 48 heavy (non-hydrogen) atoms. The molecule has 0 unspecified atom stereocenters. The molecule has 0 aromatic heterocycles. The van der Waals surface area contributed by atoms with Gasteiger partial charge in [0.15, 0.2) is 0 Å². The number of ether oxygens (including phenoxy) is 1. The second-order valence-electron chi connectivity index (χ2n) is 13.6. The van der Waals surface area contributed by atoms with Gasteiger partial charge in [-0.3, -0.25) is 14.4 Å². The van der Waals surface area contributed by atoms with Crippen molar-refractivity contribution in [2.24, 2.45) is 5.92 Å². The molecule has 3 rings (SSSR count). The number of amides is 4. The molecule has 0 radical (unpaired) electrons. The summed E-state index contributed by atoms with van der Waals surface area (Å²) in [5, 5.41) is 8.43. The van der Waals surface area contributed by atoms with Crippen LogP contribution in [0.4, 0.5) is 4.79 Å². The van der Waals surface area contributed by atoms with Crippen LogP contribution in [0.5, 0.6) is 0 Å². The van der Waals surface area contributed by atoms with Gasteiger partial charge in [-0.2, -0.15) is 0 Å². The van der Waals surface area contributed by atoms with Gasteiger partial charge in [0.2, 0.25) is 17.7 Å². The number of nitrogens with one attached hydrogen (secondary N) is 3. The van der Waals surface area contributed by atoms with E-state index in [1.807, 2.05) is 98.8 Å². The van der Waals surface area contributed by atoms with Crippen LogP contribution in [0.2, 0.25) is 0 Å². The van der Waals surface area contributed by atoms with Gasteiger partial charge in [-0.1, -0.05) is 91.0 Å². The van der Waals surface area contributed by atoms with Crippen LogP contribution in [-0.4, -0.2) is 66.5 Å². The third-order valence-corrected chi connectivity index (χ3v) is 7.81. The topological polar surface area (TPSA) is 117 Å². The maximum atomic E-state index is 14.2. The first-order chi connectivity index (χ1) is 22.7. The molecule has 256 valence electrons. The van der Waals surface area contributed by atoms with Gasteiger partial charge in [-0.25, -0.2) is 4.79 Å². The van der Waals surface area contributed by atoms with E-state index in [4.69, 9.17) is 4.74 Å². The van der Waals surface area contributed by atoms with E-state index in [9.17, 15) is 19.2 Å². The lowest BCUT2D eigenvalue weighted by atomic mass is 9.90. The Hall–Kier alpha value is -4.92. The maximum Gasteiger partial charge on any atom is 0.408 e. The fourth-order valence-corrected chi connectivity index (χ4v) is 5.34. The summed E-state index contributed by atoms with van der Waals surface area (Å²) in [5.74, 6) is -1.56. The average molecular weight is 655 g/mol. The summed E-state index contributed by atoms with van der Waals surface area (Å²) < 4.78 is 5.35. The molecule has 0 saturated heterocycles. The number of likely N-dealkylation sites (N-methyl/N-ethyl adjacent to an activating group) is 2. The highest BCUT2D eigenvalue weighted by molar-refractivity contribution is 5.90. The zero-order valence-electron chi connectivity index (χ0n) is 29.2. The van der Waals surface area contributed by atoms with Crippen molar-refractivity contribution in [3.05, 3.63) is 108 Å². The highest BCUT2D eigenvalue weighted by Crippen LogP contribution is 2.26. The average Bonchev–Trinajstić information content (AvgIpc) is 3.04. The first kappa shape index (κ1) is 37.5. The summed E-state index contributed by atoms with van der Waals surface area (Å²) in [6, 6.07) is 26.7. The Morgan fingerprint density at radius 2 is 1.44 bits per heavy atom. The largest absolute Gasteiger partial charge is 0.444 e. The highest BCUT2D eigenvalue weighted by atomic mass is 16.6. The van der Waals surface area contributed by atoms with Gasteiger partial charge in [-0.05, 0) is 75.8 Å². The highest BCUT2D eigenvalue weighted by Gasteiger charge is 2.32. The monoisotopic (exact) mass is 654 g/mol. The molecular weight excluding hydrogens is 604 g/mol. The van der Waals surface area contributed by atoms with Crippen LogP contribution in [0, 0.1) is 5.92 Å². The van der Waals surface area contributed by atoms with E-state index in [1.165, 1.54) is 11.0 Å². The van der Waals surface area contributed by atoms with Crippen LogP contribution in [-0.2, 0) is 32.0 Å². The number of carbonyl (C=O) groups is 4. The summed E-state index contributed by atoms with van der Waals surface area (Å²) >= 11 is 0. The molecule has 0 aliphatic heterocycles. The molecule has 0 saturated carbocycles. The minimum absolute atomic E-state index is 0.0564. The second kappa shape index (κ2) is 17.3. The minimum atomic E-state index is -0.743. The lowest BCUT2D eigenvalue weighted by Crippen LogP contribution is -2.51. The molecule has 4 amide bonds. The summed E-state index contributed by atoms with van der Waals surface area (Å²) in [4.78, 5) is 54.0. The molecule has 3 aromatic carbocycles. The molecule has 0 fully saturated rings. The van der Waals surface area contributed by atoms with Gasteiger partial charge >= 0.3 is 6.09 Å². The van der Waals surface area contributed by atoms with E-state index in [1.54, 1.807) is 40.9 Å². The van der Waals surface area contributed by atoms with Crippen molar-refractivity contribution < 1.29 is 23.9 Å². The Kier molecular flexibility index (Phi) is 13.5. The fourth-order valence-electron chi connectivity index (χ4n) is 5.34. The fraction of sp³-hybridized carbons (Fsp3) is 0.385. The Morgan fingerprint density at radius 1 is 0.833 bits per heavy atom. The van der Waals surface area contributed by atoms with E-state index in [2.05, 4.69) is 16.0 Å². The molecule has 0 spiro atoms. The van der Waals surface area contributed by atoms with Gasteiger partial charge in [0.1, 0.15) is 11.6 Å². The van der Waals surface area contributed by atoms with Gasteiger partial charge < -0.3 is 25.6 Å². The Morgan fingerprint density at radius 3 is 2.06 bits per heavy atom. The molecule has 3 aromatic rings. The lowest BCUT2D eigenvalue weighted by Gasteiger charge is -2.31. The van der Waals surface area contributed by atoms with Gasteiger partial charge in [0, 0.05) is 32.6 Å². The third kappa shape index (κ3) is 12.0. The number of hydrogen-bond donors (Lipinski definition) is 3. The molecule has 2 atom stereocenters. The summed E-state index contributed by atoms with van der Waals surface area (Å²) in [7, 11) is 3.20. The zero-order valence-corrected chi connectivity index (χ0v) is 29.2. The van der Waals surface area contributed by atoms with E-state index in [0.717, 1.165) is 22.3 Å². The standard InChI is InChI=1S/C39H50N4O5/c1-38(2,3)48-37(47)42-39(4,5)24-16-23-34(44)41-27-31(26-30-21-14-15-22-32(30)29-19-12-9-13-20-29)36(46)43(7)33(35(45)40-6)25-28-17-10-8-11-18-28/h8-23,31,33H,24-27H2,1-7H3,(H,40,45)(H,41,44)(H,42,47)/t31-,33-/m1/s1. The molecule has 0 aliphatic rings. The second-order valence-corrected chi connectivity index (χ2v) is 13.6. The smallest absolute Gasteiger partial charge is 0.408 e. The van der Waals surface area contributed by atoms with Crippen LogP contribution in [0.3, 0.4) is 0 Å². The van der Waals surface area contributed by atoms with E-state index >= 15 is 0 Å². The van der Waals surface area contributed by atoms with Crippen molar-refractivity contribution in [3.63, 3.8) is 0 Å². The number of carbonyl (C=O) groups excluding carboxylic acids is 4. The predicted molar refractivity (Wildman–Crippen MR) is 190 cm³/mol. The SMILES string of the molecule is CNC(=O)[C@@H](Cc1ccccc1)N(C)C(=O)[C@@H](CNC(=O)C=CCC(C)(C)NC(=O)OC(C)(C)C)Cc1ccccc1-c1ccccc1. The van der Waals surface area contributed by atoms with Gasteiger partial charge in [0.05, 0.1) is 5.92 Å². The Balaban J connectivity index is 1.81. The van der Waals surface area contributed by atoms with E-state index in [-0.39, 0.29) is 24.3 Å². The first-order valence-electron chi connectivity index (χ1n) is 16.3. The van der Waals surface area contributed by atoms with Crippen molar-refractivity contribution in [1.82, 2.24) is 20.9 Å². The predicted octanol–water partition coefficient (Wildman–Crippen LogP) is 5.69. The zero-order chi connectivity index (χ0) is 35.3. The van der Waals surface area contributed by atoms with Crippen molar-refractivity contribution in [2.75, 3.05) is 20.6 Å². The quantitative estimate of drug-likeness (QED) is 0.193.